The lowest BCUT2D eigenvalue weighted by molar-refractivity contribution is -0.346. The molecule has 28 atom stereocenters. The topological polar surface area (TPSA) is 354 Å². The number of aromatic nitrogens is 4. The van der Waals surface area contributed by atoms with Gasteiger partial charge in [0.25, 0.3) is 0 Å². The molecule has 8 aliphatic carbocycles. The van der Waals surface area contributed by atoms with Crippen molar-refractivity contribution in [3.63, 3.8) is 0 Å². The van der Waals surface area contributed by atoms with E-state index in [2.05, 4.69) is 82.6 Å². The standard InChI is InChI=1S/C62H88N8O13/c1-55(25-71)16-17-61(54(80)81)35(20-55)33-18-29-9-10-30-8-7-13-60(30)42-31(11-15-62(40-23-65-27-68-40,47(42)70-53(60)79)48(77)32(21-64-6)50(63)78)41-44(75)49(83-52-45(76)43(74)38(73)24-82-52)56(2,26-72)39-12-14-57(3,46(29)58(39,41)4)59(33,5)34-19-37-51(69-28-67-37)66-22-36(34)61/h11,15,18,23,27-32,34-36,38-39,41-50,52,64,66,71-78H,7-8,12-14,16-17,19-22,24-26,63H2,1-6H3,(H,65,68)(H,67,69)(H,70,79)(H,80,81)/t29-,30+,31+,32-,34-,35-,36+,38+,39+,41-,42-,43-,44+,45+,46-,47-,48-,49+,50-,52-,55-,56-,57+,58+,59-,60-,61+,62+/m0/s1. The Labute approximate surface area is 484 Å². The van der Waals surface area contributed by atoms with E-state index in [9.17, 15) is 50.8 Å². The molecule has 83 heavy (non-hydrogen) atoms. The fourth-order valence-electron chi connectivity index (χ4n) is 22.2. The first-order valence-corrected chi connectivity index (χ1v) is 30.6. The summed E-state index contributed by atoms with van der Waals surface area (Å²) < 4.78 is 12.9. The maximum atomic E-state index is 16.0. The summed E-state index contributed by atoms with van der Waals surface area (Å²) in [4.78, 5) is 46.6. The van der Waals surface area contributed by atoms with Crippen LogP contribution in [0.3, 0.4) is 0 Å². The first-order valence-electron chi connectivity index (χ1n) is 30.6. The molecule has 2 aromatic heterocycles. The van der Waals surface area contributed by atoms with Crippen LogP contribution in [0.1, 0.15) is 97.4 Å². The van der Waals surface area contributed by atoms with E-state index in [1.54, 1.807) is 19.6 Å². The number of nitrogens with zero attached hydrogens (tertiary/aromatic N) is 2. The molecule has 0 aromatic carbocycles. The number of anilines is 1. The van der Waals surface area contributed by atoms with Crippen LogP contribution in [0.5, 0.6) is 0 Å². The molecule has 2 saturated heterocycles. The van der Waals surface area contributed by atoms with Gasteiger partial charge in [0.1, 0.15) is 30.4 Å². The fraction of sp³-hybridized carbons (Fsp3) is 0.774. The van der Waals surface area contributed by atoms with E-state index in [4.69, 9.17) is 20.2 Å². The Bertz CT molecular complexity index is 3000. The Kier molecular flexibility index (Phi) is 13.7. The minimum atomic E-state index is -1.73. The van der Waals surface area contributed by atoms with Crippen molar-refractivity contribution in [2.45, 2.75) is 153 Å². The number of carbonyl (C=O) groups excluding carboxylic acids is 1. The summed E-state index contributed by atoms with van der Waals surface area (Å²) in [6, 6.07) is -0.904. The second-order valence-electron chi connectivity index (χ2n) is 29.0. The molecule has 1 amide bonds. The molecule has 2 aromatic rings. The number of nitrogens with two attached hydrogens (primary N) is 1. The number of aliphatic hydroxyl groups excluding tert-OH is 8. The minimum absolute atomic E-state index is 0.109. The van der Waals surface area contributed by atoms with Crippen molar-refractivity contribution >= 4 is 17.7 Å². The van der Waals surface area contributed by atoms with Crippen molar-refractivity contribution in [3.05, 3.63) is 54.0 Å². The van der Waals surface area contributed by atoms with Gasteiger partial charge in [-0.15, -0.1) is 0 Å². The molecule has 1 spiro atoms. The summed E-state index contributed by atoms with van der Waals surface area (Å²) in [6.07, 6.45) is 3.71. The van der Waals surface area contributed by atoms with Crippen LogP contribution in [0, 0.1) is 115 Å². The summed E-state index contributed by atoms with van der Waals surface area (Å²) in [5.41, 5.74) is 0.465. The highest BCUT2D eigenvalue weighted by Crippen LogP contribution is 2.81. The molecule has 5 saturated carbocycles. The Hall–Kier alpha value is -4.28. The number of carboxylic acids is 1. The zero-order valence-corrected chi connectivity index (χ0v) is 48.5. The largest absolute Gasteiger partial charge is 0.481 e. The molecule has 0 bridgehead atoms. The Balaban J connectivity index is 1.10. The van der Waals surface area contributed by atoms with Crippen LogP contribution in [0.4, 0.5) is 5.82 Å². The van der Waals surface area contributed by atoms with Gasteiger partial charge >= 0.3 is 5.97 Å². The van der Waals surface area contributed by atoms with E-state index in [1.807, 2.05) is 13.0 Å². The molecular formula is C62H88N8O13. The predicted octanol–water partition coefficient (Wildman–Crippen LogP) is 1.15. The van der Waals surface area contributed by atoms with Crippen LogP contribution in [-0.4, -0.2) is 173 Å². The fourth-order valence-corrected chi connectivity index (χ4v) is 22.2. The molecule has 11 aliphatic rings. The molecule has 16 N–H and O–H groups in total. The summed E-state index contributed by atoms with van der Waals surface area (Å²) in [5, 5.41) is 118. The third-order valence-corrected chi connectivity index (χ3v) is 26.1. The van der Waals surface area contributed by atoms with Gasteiger partial charge in [-0.3, -0.25) is 9.59 Å². The first-order chi connectivity index (χ1) is 39.4. The monoisotopic (exact) mass is 1150 g/mol. The van der Waals surface area contributed by atoms with Gasteiger partial charge in [0.15, 0.2) is 6.29 Å². The van der Waals surface area contributed by atoms with Crippen molar-refractivity contribution in [3.8, 4) is 11.8 Å². The van der Waals surface area contributed by atoms with Gasteiger partial charge in [0.2, 0.25) is 5.91 Å². The average molecular weight is 1150 g/mol. The van der Waals surface area contributed by atoms with Gasteiger partial charge in [-0.05, 0) is 116 Å². The van der Waals surface area contributed by atoms with Crippen LogP contribution in [0.2, 0.25) is 0 Å². The summed E-state index contributed by atoms with van der Waals surface area (Å²) in [6.45, 7) is 10.5. The van der Waals surface area contributed by atoms with Crippen molar-refractivity contribution in [2.75, 3.05) is 45.3 Å². The lowest BCUT2D eigenvalue weighted by Gasteiger charge is -2.76. The normalized spacial score (nSPS) is 51.0. The van der Waals surface area contributed by atoms with Crippen LogP contribution in [0.15, 0.2) is 42.7 Å². The summed E-state index contributed by atoms with van der Waals surface area (Å²) in [5.74, 6) is 1.03. The number of H-pyrrole nitrogens is 2. The molecular weight excluding hydrogens is 1060 g/mol. The highest BCUT2D eigenvalue weighted by Gasteiger charge is 2.80. The summed E-state index contributed by atoms with van der Waals surface area (Å²) >= 11 is 0. The molecule has 454 valence electrons. The van der Waals surface area contributed by atoms with E-state index in [-0.39, 0.29) is 31.6 Å². The molecule has 13 rings (SSSR count). The van der Waals surface area contributed by atoms with Crippen molar-refractivity contribution in [2.24, 2.45) is 109 Å². The Morgan fingerprint density at radius 1 is 0.964 bits per heavy atom. The zero-order chi connectivity index (χ0) is 58.9. The molecule has 3 aliphatic heterocycles. The van der Waals surface area contributed by atoms with Gasteiger partial charge in [-0.2, -0.15) is 0 Å². The number of fused-ring (bicyclic) bond motifs is 9. The second kappa shape index (κ2) is 19.6. The smallest absolute Gasteiger partial charge is 0.310 e. The van der Waals surface area contributed by atoms with E-state index in [1.165, 1.54) is 6.33 Å². The second-order valence-corrected chi connectivity index (χ2v) is 29.0. The Morgan fingerprint density at radius 2 is 1.75 bits per heavy atom. The Morgan fingerprint density at radius 3 is 2.45 bits per heavy atom. The number of ether oxygens (including phenoxy) is 2. The molecule has 21 heteroatoms. The number of carboxylic acid groups (broad SMARTS) is 1. The molecule has 21 nitrogen and oxygen atoms in total. The summed E-state index contributed by atoms with van der Waals surface area (Å²) in [7, 11) is 1.71. The zero-order valence-electron chi connectivity index (χ0n) is 48.5. The number of imidazole rings is 2. The molecule has 0 unspecified atom stereocenters. The molecule has 7 fully saturated rings. The van der Waals surface area contributed by atoms with Gasteiger partial charge in [0, 0.05) is 66.6 Å². The number of hydrogen-bond donors (Lipinski definition) is 15. The predicted molar refractivity (Wildman–Crippen MR) is 299 cm³/mol. The van der Waals surface area contributed by atoms with Gasteiger partial charge in [0.05, 0.1) is 72.2 Å². The highest BCUT2D eigenvalue weighted by molar-refractivity contribution is 5.88. The van der Waals surface area contributed by atoms with Crippen LogP contribution < -0.4 is 21.7 Å². The van der Waals surface area contributed by atoms with E-state index < -0.39 is 170 Å². The number of aromatic amines is 2. The average Bonchev–Trinajstić information content (AvgIpc) is 1.29. The van der Waals surface area contributed by atoms with E-state index >= 15 is 4.79 Å². The van der Waals surface area contributed by atoms with Crippen LogP contribution >= 0.6 is 0 Å². The van der Waals surface area contributed by atoms with Gasteiger partial charge in [-0.25, -0.2) is 9.97 Å². The number of hydrogen-bond acceptors (Lipinski definition) is 17. The minimum Gasteiger partial charge on any atom is -0.481 e. The van der Waals surface area contributed by atoms with E-state index in [0.717, 1.165) is 11.3 Å². The van der Waals surface area contributed by atoms with Gasteiger partial charge in [-0.1, -0.05) is 76.7 Å². The quantitative estimate of drug-likeness (QED) is 0.0649. The number of amides is 1. The third kappa shape index (κ3) is 7.32. The number of aliphatic hydroxyl groups is 8. The molecule has 5 heterocycles. The van der Waals surface area contributed by atoms with E-state index in [0.29, 0.717) is 75.8 Å². The number of nitrogens with one attached hydrogen (secondary N) is 5. The number of carbonyl (C=O) groups is 2. The first kappa shape index (κ1) is 57.8. The molecule has 0 radical (unpaired) electrons. The maximum absolute atomic E-state index is 16.0. The number of rotatable bonds is 11. The van der Waals surface area contributed by atoms with Crippen LogP contribution in [-0.2, 0) is 30.9 Å². The van der Waals surface area contributed by atoms with Gasteiger partial charge < -0.3 is 87.1 Å². The highest BCUT2D eigenvalue weighted by atomic mass is 16.7. The van der Waals surface area contributed by atoms with Crippen molar-refractivity contribution in [1.29, 1.82) is 0 Å². The lowest BCUT2D eigenvalue weighted by Crippen LogP contribution is -2.76. The maximum Gasteiger partial charge on any atom is 0.310 e. The SMILES string of the molecule is CNC[C@H]([C@@H](N)O)[C@H](O)[C@@]1(c2cnc[nH]2)C=C[C@H]2[C@H]3[C@@H]1NC(=O)[C@]31CCC[C@@H]1C#C[C@H]1C=C3[C@@H]4C[C@@](C)(CO)CC[C@]4(C(=O)O)[C@@H]4CNc5nc[nH]c5C[C@@H]4[C@@]3(C)[C@]3(C)CC[C@@H]4[C@](C)(CO)[C@H](O[C@@H]5OC[C@@H](O)[C@H](O)[C@H]5O)[C@H](O)[C@H]2[C@]4(C)[C@@H]13. The van der Waals surface area contributed by atoms with Crippen molar-refractivity contribution < 1.29 is 65.0 Å². The third-order valence-electron chi connectivity index (χ3n) is 26.1. The lowest BCUT2D eigenvalue weighted by atomic mass is 9.27. The number of aliphatic carboxylic acids is 1. The van der Waals surface area contributed by atoms with Crippen LogP contribution in [0.25, 0.3) is 0 Å². The number of allylic oxidation sites excluding steroid dienone is 3. The van der Waals surface area contributed by atoms with Crippen molar-refractivity contribution in [1.82, 2.24) is 30.6 Å².